The van der Waals surface area contributed by atoms with E-state index in [2.05, 4.69) is 16.7 Å². The molecule has 1 saturated carbocycles. The van der Waals surface area contributed by atoms with Crippen LogP contribution in [-0.4, -0.2) is 36.5 Å². The van der Waals surface area contributed by atoms with Gasteiger partial charge in [0.25, 0.3) is 5.91 Å². The number of hydrogen-bond donors (Lipinski definition) is 2. The van der Waals surface area contributed by atoms with Gasteiger partial charge in [-0.2, -0.15) is 5.26 Å². The Labute approximate surface area is 175 Å². The van der Waals surface area contributed by atoms with Crippen molar-refractivity contribution in [1.29, 1.82) is 5.26 Å². The lowest BCUT2D eigenvalue weighted by atomic mass is 9.83. The normalized spacial score (nSPS) is 15.0. The summed E-state index contributed by atoms with van der Waals surface area (Å²) in [7, 11) is 0. The fourth-order valence-corrected chi connectivity index (χ4v) is 3.77. The standard InChI is InChI=1S/C23H25N3O4/c24-16-23(11-4-1-5-12-23)26-21(28)15-30-22(29)14-25-20(27)13-18-9-6-8-17-7-2-3-10-19(17)18/h2-3,6-10H,1,4-5,11-15H2,(H,25,27)(H,26,28). The summed E-state index contributed by atoms with van der Waals surface area (Å²) in [5, 5.41) is 16.6. The average Bonchev–Trinajstić information content (AvgIpc) is 2.77. The van der Waals surface area contributed by atoms with E-state index in [1.54, 1.807) is 0 Å². The molecule has 0 spiro atoms. The Morgan fingerprint density at radius 1 is 1.00 bits per heavy atom. The van der Waals surface area contributed by atoms with Crippen molar-refractivity contribution in [3.63, 3.8) is 0 Å². The average molecular weight is 407 g/mol. The van der Waals surface area contributed by atoms with Crippen molar-refractivity contribution in [1.82, 2.24) is 10.6 Å². The van der Waals surface area contributed by atoms with Crippen molar-refractivity contribution in [2.24, 2.45) is 0 Å². The highest BCUT2D eigenvalue weighted by molar-refractivity contribution is 5.91. The molecule has 156 valence electrons. The van der Waals surface area contributed by atoms with Gasteiger partial charge in [-0.05, 0) is 29.2 Å². The Bertz CT molecular complexity index is 969. The number of benzene rings is 2. The number of rotatable bonds is 7. The minimum atomic E-state index is -0.867. The van der Waals surface area contributed by atoms with Crippen molar-refractivity contribution >= 4 is 28.6 Å². The predicted molar refractivity (Wildman–Crippen MR) is 111 cm³/mol. The van der Waals surface area contributed by atoms with Gasteiger partial charge in [0.2, 0.25) is 5.91 Å². The van der Waals surface area contributed by atoms with Gasteiger partial charge in [-0.3, -0.25) is 14.4 Å². The van der Waals surface area contributed by atoms with Crippen molar-refractivity contribution in [2.45, 2.75) is 44.1 Å². The Morgan fingerprint density at radius 3 is 2.50 bits per heavy atom. The van der Waals surface area contributed by atoms with Crippen LogP contribution in [0.5, 0.6) is 0 Å². The molecule has 1 aliphatic rings. The molecule has 0 unspecified atom stereocenters. The monoisotopic (exact) mass is 407 g/mol. The van der Waals surface area contributed by atoms with Gasteiger partial charge in [-0.25, -0.2) is 0 Å². The molecule has 0 radical (unpaired) electrons. The van der Waals surface area contributed by atoms with E-state index in [0.29, 0.717) is 12.8 Å². The van der Waals surface area contributed by atoms with Gasteiger partial charge in [0.15, 0.2) is 6.61 Å². The van der Waals surface area contributed by atoms with Gasteiger partial charge in [0.1, 0.15) is 12.1 Å². The molecular formula is C23H25N3O4. The number of hydrogen-bond acceptors (Lipinski definition) is 5. The van der Waals surface area contributed by atoms with Crippen LogP contribution in [0.3, 0.4) is 0 Å². The molecule has 2 amide bonds. The molecule has 1 fully saturated rings. The maximum Gasteiger partial charge on any atom is 0.325 e. The zero-order valence-electron chi connectivity index (χ0n) is 16.8. The first-order valence-corrected chi connectivity index (χ1v) is 10.1. The summed E-state index contributed by atoms with van der Waals surface area (Å²) in [6.45, 7) is -0.790. The van der Waals surface area contributed by atoms with Crippen LogP contribution in [0.4, 0.5) is 0 Å². The molecule has 2 aromatic rings. The van der Waals surface area contributed by atoms with E-state index in [1.807, 2.05) is 42.5 Å². The number of fused-ring (bicyclic) bond motifs is 1. The molecule has 2 N–H and O–H groups in total. The zero-order valence-corrected chi connectivity index (χ0v) is 16.8. The number of nitrogens with one attached hydrogen (secondary N) is 2. The molecule has 0 saturated heterocycles. The molecule has 7 heteroatoms. The summed E-state index contributed by atoms with van der Waals surface area (Å²) in [4.78, 5) is 36.1. The Kier molecular flexibility index (Phi) is 7.02. The molecule has 0 heterocycles. The molecule has 2 aromatic carbocycles. The molecule has 0 aliphatic heterocycles. The summed E-state index contributed by atoms with van der Waals surface area (Å²) >= 11 is 0. The lowest BCUT2D eigenvalue weighted by Crippen LogP contribution is -2.50. The maximum absolute atomic E-state index is 12.2. The Balaban J connectivity index is 1.42. The van der Waals surface area contributed by atoms with Crippen molar-refractivity contribution < 1.29 is 19.1 Å². The third-order valence-electron chi connectivity index (χ3n) is 5.32. The molecular weight excluding hydrogens is 382 g/mol. The highest BCUT2D eigenvalue weighted by Gasteiger charge is 2.33. The predicted octanol–water partition coefficient (Wildman–Crippen LogP) is 2.38. The summed E-state index contributed by atoms with van der Waals surface area (Å²) < 4.78 is 4.93. The minimum Gasteiger partial charge on any atom is -0.454 e. The Morgan fingerprint density at radius 2 is 1.73 bits per heavy atom. The van der Waals surface area contributed by atoms with Gasteiger partial charge in [0, 0.05) is 0 Å². The van der Waals surface area contributed by atoms with Gasteiger partial charge in [-0.1, -0.05) is 61.7 Å². The van der Waals surface area contributed by atoms with Crippen LogP contribution in [0.25, 0.3) is 10.8 Å². The smallest absolute Gasteiger partial charge is 0.325 e. The molecule has 0 aromatic heterocycles. The van der Waals surface area contributed by atoms with E-state index in [0.717, 1.165) is 35.6 Å². The van der Waals surface area contributed by atoms with Crippen molar-refractivity contribution in [3.05, 3.63) is 48.0 Å². The third kappa shape index (κ3) is 5.57. The lowest BCUT2D eigenvalue weighted by molar-refractivity contribution is -0.148. The topological polar surface area (TPSA) is 108 Å². The van der Waals surface area contributed by atoms with E-state index < -0.39 is 24.0 Å². The van der Waals surface area contributed by atoms with E-state index in [1.165, 1.54) is 0 Å². The number of carbonyl (C=O) groups excluding carboxylic acids is 3. The van der Waals surface area contributed by atoms with Crippen LogP contribution in [0.2, 0.25) is 0 Å². The maximum atomic E-state index is 12.2. The summed E-state index contributed by atoms with van der Waals surface area (Å²) in [5.41, 5.74) is 0.00152. The number of amides is 2. The summed E-state index contributed by atoms with van der Waals surface area (Å²) in [6.07, 6.45) is 4.17. The first-order chi connectivity index (χ1) is 14.5. The number of ether oxygens (including phenoxy) is 1. The van der Waals surface area contributed by atoms with Crippen molar-refractivity contribution in [3.8, 4) is 6.07 Å². The second-order valence-electron chi connectivity index (χ2n) is 7.56. The molecule has 7 nitrogen and oxygen atoms in total. The molecule has 0 atom stereocenters. The number of nitriles is 1. The third-order valence-corrected chi connectivity index (χ3v) is 5.32. The number of nitrogens with zero attached hydrogens (tertiary/aromatic N) is 1. The van der Waals surface area contributed by atoms with Gasteiger partial charge in [-0.15, -0.1) is 0 Å². The molecule has 1 aliphatic carbocycles. The largest absolute Gasteiger partial charge is 0.454 e. The number of esters is 1. The van der Waals surface area contributed by atoms with Crippen LogP contribution in [0, 0.1) is 11.3 Å². The first-order valence-electron chi connectivity index (χ1n) is 10.1. The number of carbonyl (C=O) groups is 3. The summed E-state index contributed by atoms with van der Waals surface area (Å²) in [6, 6.07) is 15.7. The highest BCUT2D eigenvalue weighted by Crippen LogP contribution is 2.27. The second-order valence-corrected chi connectivity index (χ2v) is 7.56. The molecule has 0 bridgehead atoms. The van der Waals surface area contributed by atoms with Crippen LogP contribution < -0.4 is 10.6 Å². The quantitative estimate of drug-likeness (QED) is 0.685. The van der Waals surface area contributed by atoms with Gasteiger partial charge < -0.3 is 15.4 Å². The minimum absolute atomic E-state index is 0.139. The van der Waals surface area contributed by atoms with E-state index >= 15 is 0 Å². The van der Waals surface area contributed by atoms with Gasteiger partial charge in [0.05, 0.1) is 12.5 Å². The van der Waals surface area contributed by atoms with Crippen LogP contribution in [-0.2, 0) is 25.5 Å². The van der Waals surface area contributed by atoms with Crippen LogP contribution in [0.15, 0.2) is 42.5 Å². The second kappa shape index (κ2) is 9.88. The van der Waals surface area contributed by atoms with E-state index in [-0.39, 0.29) is 18.9 Å². The van der Waals surface area contributed by atoms with Crippen molar-refractivity contribution in [2.75, 3.05) is 13.2 Å². The fourth-order valence-electron chi connectivity index (χ4n) is 3.77. The highest BCUT2D eigenvalue weighted by atomic mass is 16.5. The van der Waals surface area contributed by atoms with Crippen LogP contribution >= 0.6 is 0 Å². The summed E-state index contributed by atoms with van der Waals surface area (Å²) in [5.74, 6) is -1.52. The molecule has 30 heavy (non-hydrogen) atoms. The van der Waals surface area contributed by atoms with Crippen LogP contribution in [0.1, 0.15) is 37.7 Å². The van der Waals surface area contributed by atoms with Gasteiger partial charge >= 0.3 is 5.97 Å². The molecule has 3 rings (SSSR count). The van der Waals surface area contributed by atoms with E-state index in [4.69, 9.17) is 4.74 Å². The first kappa shape index (κ1) is 21.3. The van der Waals surface area contributed by atoms with E-state index in [9.17, 15) is 19.6 Å². The zero-order chi connectivity index (χ0) is 21.4. The SMILES string of the molecule is N#CC1(NC(=O)COC(=O)CNC(=O)Cc2cccc3ccccc23)CCCCC1. The fraction of sp³-hybridized carbons (Fsp3) is 0.391. The lowest BCUT2D eigenvalue weighted by Gasteiger charge is -2.31. The Hall–Kier alpha value is -3.40.